The Kier molecular flexibility index (Phi) is 5.93. The van der Waals surface area contributed by atoms with Gasteiger partial charge in [-0.3, -0.25) is 9.80 Å². The number of rotatable bonds is 5. The number of hydrogen-bond acceptors (Lipinski definition) is 6. The number of benzene rings is 3. The quantitative estimate of drug-likeness (QED) is 0.262. The summed E-state index contributed by atoms with van der Waals surface area (Å²) >= 11 is 7.46. The minimum atomic E-state index is -0.186. The van der Waals surface area contributed by atoms with Crippen molar-refractivity contribution in [3.05, 3.63) is 117 Å². The van der Waals surface area contributed by atoms with Crippen LogP contribution in [0.15, 0.2) is 106 Å². The lowest BCUT2D eigenvalue weighted by molar-refractivity contribution is 0.819. The van der Waals surface area contributed by atoms with Crippen LogP contribution in [0.5, 0.6) is 0 Å². The van der Waals surface area contributed by atoms with E-state index in [1.165, 1.54) is 22.3 Å². The molecule has 0 fully saturated rings. The molecule has 176 valence electrons. The highest BCUT2D eigenvalue weighted by molar-refractivity contribution is 7.17. The molecular formula is C28H20ClN5OS. The van der Waals surface area contributed by atoms with Crippen molar-refractivity contribution in [2.45, 2.75) is 6.42 Å². The van der Waals surface area contributed by atoms with Crippen LogP contribution >= 0.6 is 22.9 Å². The second kappa shape index (κ2) is 9.53. The number of thiophene rings is 1. The van der Waals surface area contributed by atoms with Gasteiger partial charge in [-0.15, -0.1) is 11.3 Å². The zero-order valence-electron chi connectivity index (χ0n) is 19.1. The summed E-state index contributed by atoms with van der Waals surface area (Å²) in [6.07, 6.45) is 4.01. The van der Waals surface area contributed by atoms with Crippen LogP contribution in [0.4, 0.5) is 5.69 Å². The zero-order valence-corrected chi connectivity index (χ0v) is 20.7. The van der Waals surface area contributed by atoms with Crippen LogP contribution in [0.1, 0.15) is 17.5 Å². The van der Waals surface area contributed by atoms with E-state index >= 15 is 0 Å². The van der Waals surface area contributed by atoms with Crippen LogP contribution in [-0.2, 0) is 0 Å². The molecule has 2 aromatic heterocycles. The fraction of sp³-hybridized carbons (Fsp3) is 0.0714. The Labute approximate surface area is 216 Å². The first-order valence-electron chi connectivity index (χ1n) is 11.5. The maximum atomic E-state index is 13.2. The number of nitrogens with zero attached hydrogens (tertiary/aromatic N) is 5. The molecule has 3 heterocycles. The van der Waals surface area contributed by atoms with E-state index < -0.39 is 0 Å². The van der Waals surface area contributed by atoms with E-state index in [0.717, 1.165) is 51.6 Å². The van der Waals surface area contributed by atoms with Crippen LogP contribution in [0.2, 0.25) is 5.02 Å². The summed E-state index contributed by atoms with van der Waals surface area (Å²) in [5, 5.41) is 14.4. The van der Waals surface area contributed by atoms with E-state index in [1.54, 1.807) is 6.21 Å². The maximum absolute atomic E-state index is 13.2. The van der Waals surface area contributed by atoms with Gasteiger partial charge in [0.15, 0.2) is 0 Å². The van der Waals surface area contributed by atoms with E-state index in [4.69, 9.17) is 16.7 Å². The molecule has 0 spiro atoms. The van der Waals surface area contributed by atoms with Crippen LogP contribution in [0.25, 0.3) is 21.3 Å². The van der Waals surface area contributed by atoms with Gasteiger partial charge in [0.25, 0.3) is 5.56 Å². The molecule has 0 atom stereocenters. The van der Waals surface area contributed by atoms with Gasteiger partial charge in [-0.05, 0) is 41.0 Å². The molecule has 0 bridgehead atoms. The van der Waals surface area contributed by atoms with Gasteiger partial charge in [0.1, 0.15) is 11.2 Å². The molecule has 0 N–H and O–H groups in total. The maximum Gasteiger partial charge on any atom is 0.283 e. The highest BCUT2D eigenvalue weighted by Crippen LogP contribution is 2.30. The van der Waals surface area contributed by atoms with Crippen molar-refractivity contribution in [1.82, 2.24) is 9.66 Å². The van der Waals surface area contributed by atoms with Gasteiger partial charge < -0.3 is 0 Å². The second-order valence-electron chi connectivity index (χ2n) is 8.35. The standard InChI is InChI=1S/C28H20ClN5OS/c29-22-10-8-21(9-11-22)25-14-15-33(32-25)23-12-6-19(7-13-23)16-31-34-18-30-27-26(28(34)35)24(17-36-27)20-4-2-1-3-5-20/h1-13,16-18H,14-15H2/b31-16-. The number of fused-ring (bicyclic) bond motifs is 1. The molecule has 0 radical (unpaired) electrons. The van der Waals surface area contributed by atoms with Gasteiger partial charge in [-0.25, -0.2) is 4.98 Å². The predicted molar refractivity (Wildman–Crippen MR) is 149 cm³/mol. The second-order valence-corrected chi connectivity index (χ2v) is 9.65. The van der Waals surface area contributed by atoms with Crippen molar-refractivity contribution in [2.24, 2.45) is 10.2 Å². The molecule has 0 aliphatic carbocycles. The summed E-state index contributed by atoms with van der Waals surface area (Å²) in [5.41, 5.74) is 5.69. The molecule has 3 aromatic carbocycles. The Balaban J connectivity index is 1.23. The molecule has 1 aliphatic rings. The number of hydrazone groups is 1. The fourth-order valence-electron chi connectivity index (χ4n) is 4.19. The minimum absolute atomic E-state index is 0.186. The third kappa shape index (κ3) is 4.34. The minimum Gasteiger partial charge on any atom is -0.267 e. The monoisotopic (exact) mass is 509 g/mol. The summed E-state index contributed by atoms with van der Waals surface area (Å²) in [5.74, 6) is 0. The van der Waals surface area contributed by atoms with Crippen LogP contribution in [0, 0.1) is 0 Å². The molecule has 1 aliphatic heterocycles. The number of halogens is 1. The van der Waals surface area contributed by atoms with Crippen molar-refractivity contribution >= 4 is 50.8 Å². The number of anilines is 1. The highest BCUT2D eigenvalue weighted by Gasteiger charge is 2.17. The van der Waals surface area contributed by atoms with E-state index in [9.17, 15) is 4.79 Å². The lowest BCUT2D eigenvalue weighted by Gasteiger charge is -2.13. The van der Waals surface area contributed by atoms with Crippen LogP contribution < -0.4 is 10.6 Å². The zero-order chi connectivity index (χ0) is 24.5. The number of hydrogen-bond donors (Lipinski definition) is 0. The van der Waals surface area contributed by atoms with Gasteiger partial charge in [-0.1, -0.05) is 66.2 Å². The molecule has 36 heavy (non-hydrogen) atoms. The van der Waals surface area contributed by atoms with E-state index in [0.29, 0.717) is 10.2 Å². The smallest absolute Gasteiger partial charge is 0.267 e. The average Bonchev–Trinajstić information content (AvgIpc) is 3.58. The van der Waals surface area contributed by atoms with E-state index in [1.807, 2.05) is 89.3 Å². The lowest BCUT2D eigenvalue weighted by atomic mass is 10.1. The number of aromatic nitrogens is 2. The Morgan fingerprint density at radius 2 is 1.72 bits per heavy atom. The third-order valence-corrected chi connectivity index (χ3v) is 7.20. The first kappa shape index (κ1) is 22.4. The van der Waals surface area contributed by atoms with Crippen molar-refractivity contribution in [2.75, 3.05) is 11.6 Å². The summed E-state index contributed by atoms with van der Waals surface area (Å²) in [7, 11) is 0. The van der Waals surface area contributed by atoms with Gasteiger partial charge in [0.2, 0.25) is 0 Å². The molecular weight excluding hydrogens is 490 g/mol. The van der Waals surface area contributed by atoms with Crippen molar-refractivity contribution in [1.29, 1.82) is 0 Å². The van der Waals surface area contributed by atoms with Gasteiger partial charge >= 0.3 is 0 Å². The highest BCUT2D eigenvalue weighted by atomic mass is 35.5. The Morgan fingerprint density at radius 1 is 0.944 bits per heavy atom. The molecule has 5 aromatic rings. The fourth-order valence-corrected chi connectivity index (χ4v) is 5.22. The molecule has 0 amide bonds. The Hall–Kier alpha value is -4.07. The average molecular weight is 510 g/mol. The summed E-state index contributed by atoms with van der Waals surface area (Å²) in [4.78, 5) is 18.3. The summed E-state index contributed by atoms with van der Waals surface area (Å²) in [6, 6.07) is 25.6. The first-order valence-corrected chi connectivity index (χ1v) is 12.7. The molecule has 6 nitrogen and oxygen atoms in total. The van der Waals surface area contributed by atoms with Crippen molar-refractivity contribution < 1.29 is 0 Å². The Morgan fingerprint density at radius 3 is 2.50 bits per heavy atom. The van der Waals surface area contributed by atoms with Crippen LogP contribution in [0.3, 0.4) is 0 Å². The predicted octanol–water partition coefficient (Wildman–Crippen LogP) is 6.28. The molecule has 6 rings (SSSR count). The van der Waals surface area contributed by atoms with E-state index in [2.05, 4.69) is 10.1 Å². The van der Waals surface area contributed by atoms with Gasteiger partial charge in [-0.2, -0.15) is 14.9 Å². The summed E-state index contributed by atoms with van der Waals surface area (Å²) in [6.45, 7) is 0.816. The van der Waals surface area contributed by atoms with Crippen molar-refractivity contribution in [3.8, 4) is 11.1 Å². The van der Waals surface area contributed by atoms with Crippen LogP contribution in [-0.4, -0.2) is 28.1 Å². The largest absolute Gasteiger partial charge is 0.283 e. The summed E-state index contributed by atoms with van der Waals surface area (Å²) < 4.78 is 1.29. The lowest BCUT2D eigenvalue weighted by Crippen LogP contribution is -2.16. The third-order valence-electron chi connectivity index (χ3n) is 6.06. The normalized spacial score (nSPS) is 13.6. The molecule has 0 saturated carbocycles. The first-order chi connectivity index (χ1) is 17.7. The Bertz CT molecular complexity index is 1660. The van der Waals surface area contributed by atoms with Gasteiger partial charge in [0, 0.05) is 28.9 Å². The molecule has 0 unspecified atom stereocenters. The van der Waals surface area contributed by atoms with E-state index in [-0.39, 0.29) is 5.56 Å². The molecule has 8 heteroatoms. The van der Waals surface area contributed by atoms with Gasteiger partial charge in [0.05, 0.1) is 23.0 Å². The van der Waals surface area contributed by atoms with Crippen molar-refractivity contribution in [3.63, 3.8) is 0 Å². The SMILES string of the molecule is O=c1c2c(-c3ccccc3)csc2ncn1/N=C\c1ccc(N2CCC(c3ccc(Cl)cc3)=N2)cc1. The molecule has 0 saturated heterocycles. The topological polar surface area (TPSA) is 62.9 Å².